The molecule has 1 amide bonds. The zero-order valence-electron chi connectivity index (χ0n) is 11.2. The van der Waals surface area contributed by atoms with E-state index in [-0.39, 0.29) is 11.7 Å². The lowest BCUT2D eigenvalue weighted by molar-refractivity contribution is -0.113. The Morgan fingerprint density at radius 2 is 2.00 bits per heavy atom. The molecule has 0 aliphatic carbocycles. The number of methoxy groups -OCH3 is 1. The molecule has 3 nitrogen and oxygen atoms in total. The molecule has 0 atom stereocenters. The number of hydrogen-bond acceptors (Lipinski definition) is 3. The van der Waals surface area contributed by atoms with Gasteiger partial charge in [0.15, 0.2) is 0 Å². The molecule has 2 aromatic rings. The maximum Gasteiger partial charge on any atom is 0.234 e. The van der Waals surface area contributed by atoms with E-state index in [1.807, 2.05) is 24.3 Å². The maximum atomic E-state index is 11.9. The van der Waals surface area contributed by atoms with E-state index in [4.69, 9.17) is 27.9 Å². The molecule has 0 aromatic heterocycles. The first-order valence-corrected chi connectivity index (χ1v) is 7.85. The summed E-state index contributed by atoms with van der Waals surface area (Å²) in [5, 5.41) is 3.50. The van der Waals surface area contributed by atoms with Crippen LogP contribution in [0.5, 0.6) is 5.75 Å². The Balaban J connectivity index is 1.94. The first-order chi connectivity index (χ1) is 10.1. The van der Waals surface area contributed by atoms with Gasteiger partial charge in [-0.3, -0.25) is 4.79 Å². The lowest BCUT2D eigenvalue weighted by Gasteiger charge is -2.08. The number of thioether (sulfide) groups is 1. The smallest absolute Gasteiger partial charge is 0.234 e. The molecule has 0 spiro atoms. The molecule has 0 aliphatic heterocycles. The van der Waals surface area contributed by atoms with Crippen molar-refractivity contribution < 1.29 is 9.53 Å². The summed E-state index contributed by atoms with van der Waals surface area (Å²) in [5.41, 5.74) is 0.514. The highest BCUT2D eigenvalue weighted by atomic mass is 35.5. The quantitative estimate of drug-likeness (QED) is 0.798. The maximum absolute atomic E-state index is 11.9. The van der Waals surface area contributed by atoms with Crippen molar-refractivity contribution in [2.45, 2.75) is 4.90 Å². The number of ether oxygens (including phenoxy) is 1. The number of rotatable bonds is 5. The van der Waals surface area contributed by atoms with Crippen LogP contribution in [0.4, 0.5) is 5.69 Å². The Bertz CT molecular complexity index is 649. The molecule has 21 heavy (non-hydrogen) atoms. The summed E-state index contributed by atoms with van der Waals surface area (Å²) in [6, 6.07) is 12.7. The lowest BCUT2D eigenvalue weighted by atomic mass is 10.3. The SMILES string of the molecule is COc1cccc(SCC(=O)Nc2cccc(Cl)c2Cl)c1. The monoisotopic (exact) mass is 341 g/mol. The second-order valence-corrected chi connectivity index (χ2v) is 5.95. The van der Waals surface area contributed by atoms with E-state index in [0.717, 1.165) is 10.6 Å². The van der Waals surface area contributed by atoms with E-state index in [1.165, 1.54) is 11.8 Å². The number of carbonyl (C=O) groups excluding carboxylic acids is 1. The van der Waals surface area contributed by atoms with Crippen LogP contribution in [0.15, 0.2) is 47.4 Å². The van der Waals surface area contributed by atoms with Crippen LogP contribution in [0.1, 0.15) is 0 Å². The van der Waals surface area contributed by atoms with Gasteiger partial charge in [-0.1, -0.05) is 35.3 Å². The summed E-state index contributed by atoms with van der Waals surface area (Å²) < 4.78 is 5.14. The summed E-state index contributed by atoms with van der Waals surface area (Å²) >= 11 is 13.3. The molecule has 0 radical (unpaired) electrons. The molecule has 0 heterocycles. The number of nitrogens with one attached hydrogen (secondary N) is 1. The van der Waals surface area contributed by atoms with Crippen molar-refractivity contribution in [2.75, 3.05) is 18.2 Å². The van der Waals surface area contributed by atoms with Crippen LogP contribution in [0.25, 0.3) is 0 Å². The van der Waals surface area contributed by atoms with Crippen molar-refractivity contribution in [3.05, 3.63) is 52.5 Å². The third kappa shape index (κ3) is 4.56. The van der Waals surface area contributed by atoms with E-state index in [0.29, 0.717) is 15.7 Å². The average molecular weight is 342 g/mol. The first-order valence-electron chi connectivity index (χ1n) is 6.11. The molecular formula is C15H13Cl2NO2S. The molecule has 0 unspecified atom stereocenters. The van der Waals surface area contributed by atoms with E-state index < -0.39 is 0 Å². The van der Waals surface area contributed by atoms with Gasteiger partial charge in [0.1, 0.15) is 5.75 Å². The predicted molar refractivity (Wildman–Crippen MR) is 88.8 cm³/mol. The van der Waals surface area contributed by atoms with Crippen molar-refractivity contribution in [1.29, 1.82) is 0 Å². The fourth-order valence-electron chi connectivity index (χ4n) is 1.63. The number of hydrogen-bond donors (Lipinski definition) is 1. The van der Waals surface area contributed by atoms with Gasteiger partial charge in [-0.05, 0) is 30.3 Å². The number of carbonyl (C=O) groups is 1. The second-order valence-electron chi connectivity index (χ2n) is 4.12. The van der Waals surface area contributed by atoms with Crippen molar-refractivity contribution in [2.24, 2.45) is 0 Å². The molecule has 0 fully saturated rings. The van der Waals surface area contributed by atoms with E-state index in [9.17, 15) is 4.79 Å². The standard InChI is InChI=1S/C15H13Cl2NO2S/c1-20-10-4-2-5-11(8-10)21-9-14(19)18-13-7-3-6-12(16)15(13)17/h2-8H,9H2,1H3,(H,18,19). The Kier molecular flexibility index (Phi) is 5.79. The highest BCUT2D eigenvalue weighted by molar-refractivity contribution is 8.00. The number of anilines is 1. The zero-order chi connectivity index (χ0) is 15.2. The fraction of sp³-hybridized carbons (Fsp3) is 0.133. The zero-order valence-corrected chi connectivity index (χ0v) is 13.6. The number of benzene rings is 2. The highest BCUT2D eigenvalue weighted by Crippen LogP contribution is 2.30. The third-order valence-corrected chi connectivity index (χ3v) is 4.45. The van der Waals surface area contributed by atoms with Gasteiger partial charge in [0, 0.05) is 4.90 Å². The molecule has 0 saturated carbocycles. The van der Waals surface area contributed by atoms with Crippen LogP contribution in [0.3, 0.4) is 0 Å². The van der Waals surface area contributed by atoms with Gasteiger partial charge in [0.2, 0.25) is 5.91 Å². The van der Waals surface area contributed by atoms with E-state index in [2.05, 4.69) is 5.32 Å². The normalized spacial score (nSPS) is 10.2. The van der Waals surface area contributed by atoms with Crippen molar-refractivity contribution >= 4 is 46.6 Å². The van der Waals surface area contributed by atoms with Gasteiger partial charge < -0.3 is 10.1 Å². The topological polar surface area (TPSA) is 38.3 Å². The van der Waals surface area contributed by atoms with Crippen LogP contribution >= 0.6 is 35.0 Å². The minimum Gasteiger partial charge on any atom is -0.497 e. The van der Waals surface area contributed by atoms with Gasteiger partial charge >= 0.3 is 0 Å². The van der Waals surface area contributed by atoms with Gasteiger partial charge in [0.25, 0.3) is 0 Å². The summed E-state index contributed by atoms with van der Waals surface area (Å²) in [7, 11) is 1.61. The van der Waals surface area contributed by atoms with Gasteiger partial charge in [-0.15, -0.1) is 11.8 Å². The van der Waals surface area contributed by atoms with Crippen LogP contribution in [0, 0.1) is 0 Å². The summed E-state index contributed by atoms with van der Waals surface area (Å²) in [4.78, 5) is 12.9. The molecule has 2 aromatic carbocycles. The third-order valence-electron chi connectivity index (χ3n) is 2.64. The summed E-state index contributed by atoms with van der Waals surface area (Å²) in [5.74, 6) is 0.890. The Morgan fingerprint density at radius 1 is 1.24 bits per heavy atom. The molecule has 6 heteroatoms. The largest absolute Gasteiger partial charge is 0.497 e. The van der Waals surface area contributed by atoms with Crippen molar-refractivity contribution in [3.63, 3.8) is 0 Å². The van der Waals surface area contributed by atoms with E-state index >= 15 is 0 Å². The predicted octanol–water partition coefficient (Wildman–Crippen LogP) is 4.73. The average Bonchev–Trinajstić information content (AvgIpc) is 2.50. The van der Waals surface area contributed by atoms with Crippen LogP contribution in [-0.2, 0) is 4.79 Å². The van der Waals surface area contributed by atoms with Gasteiger partial charge in [0.05, 0.1) is 28.6 Å². The molecule has 0 bridgehead atoms. The molecule has 110 valence electrons. The number of halogens is 2. The van der Waals surface area contributed by atoms with E-state index in [1.54, 1.807) is 25.3 Å². The first kappa shape index (κ1) is 16.0. The lowest BCUT2D eigenvalue weighted by Crippen LogP contribution is -2.14. The van der Waals surface area contributed by atoms with Crippen LogP contribution in [0.2, 0.25) is 10.0 Å². The Labute approximate surface area is 137 Å². The summed E-state index contributed by atoms with van der Waals surface area (Å²) in [6.45, 7) is 0. The molecule has 0 aliphatic rings. The molecular weight excluding hydrogens is 329 g/mol. The minimum atomic E-state index is -0.146. The van der Waals surface area contributed by atoms with Gasteiger partial charge in [-0.2, -0.15) is 0 Å². The molecule has 1 N–H and O–H groups in total. The van der Waals surface area contributed by atoms with Crippen molar-refractivity contribution in [1.82, 2.24) is 0 Å². The minimum absolute atomic E-state index is 0.146. The highest BCUT2D eigenvalue weighted by Gasteiger charge is 2.09. The van der Waals surface area contributed by atoms with Gasteiger partial charge in [-0.25, -0.2) is 0 Å². The second kappa shape index (κ2) is 7.59. The molecule has 2 rings (SSSR count). The Morgan fingerprint density at radius 3 is 2.76 bits per heavy atom. The number of amides is 1. The molecule has 0 saturated heterocycles. The Hall–Kier alpha value is -1.36. The van der Waals surface area contributed by atoms with Crippen LogP contribution < -0.4 is 10.1 Å². The fourth-order valence-corrected chi connectivity index (χ4v) is 2.72. The van der Waals surface area contributed by atoms with Crippen LogP contribution in [-0.4, -0.2) is 18.8 Å². The summed E-state index contributed by atoms with van der Waals surface area (Å²) in [6.07, 6.45) is 0. The van der Waals surface area contributed by atoms with Crippen molar-refractivity contribution in [3.8, 4) is 5.75 Å².